The predicted molar refractivity (Wildman–Crippen MR) is 111 cm³/mol. The number of benzene rings is 1. The quantitative estimate of drug-likeness (QED) is 0.725. The second kappa shape index (κ2) is 8.15. The molecule has 1 aromatic carbocycles. The van der Waals surface area contributed by atoms with Crippen molar-refractivity contribution in [3.8, 4) is 11.4 Å². The molecule has 1 N–H and O–H groups in total. The summed E-state index contributed by atoms with van der Waals surface area (Å²) in [5.41, 5.74) is 4.35. The molecule has 146 valence electrons. The second-order valence-corrected chi connectivity index (χ2v) is 7.65. The minimum atomic E-state index is 0.108. The first kappa shape index (κ1) is 18.7. The molecule has 0 saturated carbocycles. The number of hydrogen-bond donors (Lipinski definition) is 1. The van der Waals surface area contributed by atoms with Gasteiger partial charge in [-0.05, 0) is 50.5 Å². The van der Waals surface area contributed by atoms with Crippen molar-refractivity contribution in [2.45, 2.75) is 45.3 Å². The van der Waals surface area contributed by atoms with Gasteiger partial charge in [0.2, 0.25) is 5.91 Å². The topological polar surface area (TPSA) is 58.2 Å². The van der Waals surface area contributed by atoms with Gasteiger partial charge >= 0.3 is 0 Å². The van der Waals surface area contributed by atoms with Crippen molar-refractivity contribution in [1.82, 2.24) is 14.9 Å². The average Bonchev–Trinajstić information content (AvgIpc) is 3.06. The molecule has 2 aromatic heterocycles. The summed E-state index contributed by atoms with van der Waals surface area (Å²) in [7, 11) is 0. The Labute approximate surface area is 165 Å². The highest BCUT2D eigenvalue weighted by atomic mass is 16.5. The summed E-state index contributed by atoms with van der Waals surface area (Å²) < 4.78 is 5.74. The first-order valence-corrected chi connectivity index (χ1v) is 10.1. The first-order valence-electron chi connectivity index (χ1n) is 10.1. The number of nitrogens with zero attached hydrogens (tertiary/aromatic N) is 2. The third-order valence-corrected chi connectivity index (χ3v) is 5.32. The number of rotatable bonds is 5. The van der Waals surface area contributed by atoms with Crippen LogP contribution in [0.4, 0.5) is 0 Å². The van der Waals surface area contributed by atoms with Crippen LogP contribution in [0.2, 0.25) is 0 Å². The SMILES string of the molecule is CC1CN(C(=O)CCCc2c(-c3ccccn3)[nH]c3ccccc23)CC(C)O1. The number of H-pyrrole nitrogens is 1. The van der Waals surface area contributed by atoms with Crippen LogP contribution in [-0.2, 0) is 16.0 Å². The van der Waals surface area contributed by atoms with Crippen LogP contribution in [-0.4, -0.2) is 46.1 Å². The third-order valence-electron chi connectivity index (χ3n) is 5.32. The fourth-order valence-corrected chi connectivity index (χ4v) is 4.15. The van der Waals surface area contributed by atoms with Crippen molar-refractivity contribution >= 4 is 16.8 Å². The zero-order chi connectivity index (χ0) is 19.5. The summed E-state index contributed by atoms with van der Waals surface area (Å²) in [5.74, 6) is 0.223. The number of aryl methyl sites for hydroxylation is 1. The Hall–Kier alpha value is -2.66. The van der Waals surface area contributed by atoms with Gasteiger partial charge in [-0.2, -0.15) is 0 Å². The van der Waals surface area contributed by atoms with Gasteiger partial charge in [-0.15, -0.1) is 0 Å². The third kappa shape index (κ3) is 3.94. The molecule has 3 heterocycles. The smallest absolute Gasteiger partial charge is 0.222 e. The van der Waals surface area contributed by atoms with Crippen molar-refractivity contribution in [3.63, 3.8) is 0 Å². The molecular formula is C23H27N3O2. The van der Waals surface area contributed by atoms with Crippen LogP contribution in [0.25, 0.3) is 22.3 Å². The molecule has 1 aliphatic rings. The Morgan fingerprint density at radius 2 is 1.89 bits per heavy atom. The van der Waals surface area contributed by atoms with Crippen LogP contribution in [0.5, 0.6) is 0 Å². The fraction of sp³-hybridized carbons (Fsp3) is 0.391. The van der Waals surface area contributed by atoms with Gasteiger partial charge in [-0.25, -0.2) is 0 Å². The standard InChI is InChI=1S/C23H27N3O2/c1-16-14-26(15-17(2)28-16)22(27)12-7-9-19-18-8-3-4-10-20(18)25-23(19)21-11-5-6-13-24-21/h3-6,8,10-11,13,16-17,25H,7,9,12,14-15H2,1-2H3. The van der Waals surface area contributed by atoms with Gasteiger partial charge in [0.15, 0.2) is 0 Å². The Kier molecular flexibility index (Phi) is 5.44. The van der Waals surface area contributed by atoms with Crippen LogP contribution in [0.1, 0.15) is 32.3 Å². The molecule has 0 radical (unpaired) electrons. The predicted octanol–water partition coefficient (Wildman–Crippen LogP) is 4.19. The molecule has 1 amide bonds. The van der Waals surface area contributed by atoms with E-state index in [4.69, 9.17) is 4.74 Å². The molecule has 3 aromatic rings. The number of ether oxygens (including phenoxy) is 1. The number of pyridine rings is 1. The Bertz CT molecular complexity index is 941. The number of aromatic amines is 1. The number of nitrogens with one attached hydrogen (secondary N) is 1. The number of carbonyl (C=O) groups excluding carboxylic acids is 1. The Balaban J connectivity index is 1.49. The van der Waals surface area contributed by atoms with E-state index in [1.165, 1.54) is 10.9 Å². The highest BCUT2D eigenvalue weighted by Gasteiger charge is 2.25. The number of aromatic nitrogens is 2. The van der Waals surface area contributed by atoms with E-state index < -0.39 is 0 Å². The summed E-state index contributed by atoms with van der Waals surface area (Å²) in [5, 5.41) is 1.21. The lowest BCUT2D eigenvalue weighted by Gasteiger charge is -2.35. The van der Waals surface area contributed by atoms with Gasteiger partial charge in [0.05, 0.1) is 23.6 Å². The minimum absolute atomic E-state index is 0.108. The van der Waals surface area contributed by atoms with Gasteiger partial charge in [-0.3, -0.25) is 9.78 Å². The molecule has 28 heavy (non-hydrogen) atoms. The zero-order valence-electron chi connectivity index (χ0n) is 16.5. The van der Waals surface area contributed by atoms with E-state index in [1.54, 1.807) is 0 Å². The highest BCUT2D eigenvalue weighted by Crippen LogP contribution is 2.30. The molecule has 2 atom stereocenters. The molecule has 0 bridgehead atoms. The van der Waals surface area contributed by atoms with E-state index in [1.807, 2.05) is 49.2 Å². The van der Waals surface area contributed by atoms with E-state index in [2.05, 4.69) is 28.2 Å². The van der Waals surface area contributed by atoms with Crippen LogP contribution in [0, 0.1) is 0 Å². The second-order valence-electron chi connectivity index (χ2n) is 7.65. The minimum Gasteiger partial charge on any atom is -0.372 e. The summed E-state index contributed by atoms with van der Waals surface area (Å²) in [4.78, 5) is 22.7. The van der Waals surface area contributed by atoms with Crippen LogP contribution < -0.4 is 0 Å². The molecule has 1 aliphatic heterocycles. The fourth-order valence-electron chi connectivity index (χ4n) is 4.15. The van der Waals surface area contributed by atoms with Crippen molar-refractivity contribution < 1.29 is 9.53 Å². The van der Waals surface area contributed by atoms with Crippen LogP contribution in [0.15, 0.2) is 48.7 Å². The molecule has 0 aliphatic carbocycles. The number of para-hydroxylation sites is 1. The molecule has 1 saturated heterocycles. The highest BCUT2D eigenvalue weighted by molar-refractivity contribution is 5.90. The van der Waals surface area contributed by atoms with Gasteiger partial charge in [0.25, 0.3) is 0 Å². The zero-order valence-corrected chi connectivity index (χ0v) is 16.5. The lowest BCUT2D eigenvalue weighted by molar-refractivity contribution is -0.143. The number of fused-ring (bicyclic) bond motifs is 1. The molecular weight excluding hydrogens is 350 g/mol. The van der Waals surface area contributed by atoms with E-state index in [0.29, 0.717) is 19.5 Å². The van der Waals surface area contributed by atoms with E-state index in [0.717, 1.165) is 29.7 Å². The van der Waals surface area contributed by atoms with Crippen molar-refractivity contribution in [3.05, 3.63) is 54.2 Å². The molecule has 0 spiro atoms. The van der Waals surface area contributed by atoms with Crippen molar-refractivity contribution in [2.24, 2.45) is 0 Å². The molecule has 5 nitrogen and oxygen atoms in total. The maximum absolute atomic E-state index is 12.7. The molecule has 1 fully saturated rings. The van der Waals surface area contributed by atoms with Gasteiger partial charge in [0.1, 0.15) is 0 Å². The van der Waals surface area contributed by atoms with E-state index in [9.17, 15) is 4.79 Å². The monoisotopic (exact) mass is 377 g/mol. The number of carbonyl (C=O) groups is 1. The Morgan fingerprint density at radius 1 is 1.14 bits per heavy atom. The molecule has 2 unspecified atom stereocenters. The summed E-state index contributed by atoms with van der Waals surface area (Å²) in [6.45, 7) is 5.44. The van der Waals surface area contributed by atoms with Crippen molar-refractivity contribution in [1.29, 1.82) is 0 Å². The van der Waals surface area contributed by atoms with Crippen LogP contribution in [0.3, 0.4) is 0 Å². The van der Waals surface area contributed by atoms with Crippen molar-refractivity contribution in [2.75, 3.05) is 13.1 Å². The molecule has 5 heteroatoms. The number of morpholine rings is 1. The van der Waals surface area contributed by atoms with E-state index >= 15 is 0 Å². The maximum Gasteiger partial charge on any atom is 0.222 e. The normalized spacial score (nSPS) is 19.9. The lowest BCUT2D eigenvalue weighted by atomic mass is 10.0. The summed E-state index contributed by atoms with van der Waals surface area (Å²) >= 11 is 0. The van der Waals surface area contributed by atoms with Crippen LogP contribution >= 0.6 is 0 Å². The summed E-state index contributed by atoms with van der Waals surface area (Å²) in [6.07, 6.45) is 4.25. The van der Waals surface area contributed by atoms with Gasteiger partial charge < -0.3 is 14.6 Å². The number of hydrogen-bond acceptors (Lipinski definition) is 3. The lowest BCUT2D eigenvalue weighted by Crippen LogP contribution is -2.48. The molecule has 4 rings (SSSR count). The maximum atomic E-state index is 12.7. The largest absolute Gasteiger partial charge is 0.372 e. The Morgan fingerprint density at radius 3 is 2.64 bits per heavy atom. The van der Waals surface area contributed by atoms with Gasteiger partial charge in [0, 0.05) is 36.6 Å². The average molecular weight is 377 g/mol. The van der Waals surface area contributed by atoms with E-state index in [-0.39, 0.29) is 18.1 Å². The first-order chi connectivity index (χ1) is 13.6. The summed E-state index contributed by atoms with van der Waals surface area (Å²) in [6, 6.07) is 14.3. The number of amides is 1. The van der Waals surface area contributed by atoms with Gasteiger partial charge in [-0.1, -0.05) is 24.3 Å².